The number of amides is 1. The molecule has 3 rings (SSSR count). The quantitative estimate of drug-likeness (QED) is 0.592. The largest absolute Gasteiger partial charge is 0.368 e. The molecule has 0 radical (unpaired) electrons. The molecule has 1 aromatic carbocycles. The average Bonchev–Trinajstić information content (AvgIpc) is 2.95. The fraction of sp³-hybridized carbons (Fsp3) is 0.0714. The number of rotatable bonds is 4. The zero-order valence-electron chi connectivity index (χ0n) is 10.7. The van der Waals surface area contributed by atoms with Gasteiger partial charge in [-0.15, -0.1) is 11.3 Å². The maximum atomic E-state index is 13.0. The van der Waals surface area contributed by atoms with Crippen LogP contribution in [0.3, 0.4) is 0 Å². The number of benzene rings is 1. The van der Waals surface area contributed by atoms with E-state index in [1.165, 1.54) is 41.6 Å². The number of fused-ring (bicyclic) bond motifs is 1. The van der Waals surface area contributed by atoms with Gasteiger partial charge in [-0.05, 0) is 29.1 Å². The SMILES string of the molecule is NC(=O)C(Sc1ncnc2ccsc12)c1ccc(F)cc1. The summed E-state index contributed by atoms with van der Waals surface area (Å²) in [5, 5.41) is 1.99. The van der Waals surface area contributed by atoms with Crippen LogP contribution in [0.4, 0.5) is 4.39 Å². The highest BCUT2D eigenvalue weighted by Crippen LogP contribution is 2.38. The van der Waals surface area contributed by atoms with Gasteiger partial charge < -0.3 is 5.73 Å². The molecule has 2 N–H and O–H groups in total. The van der Waals surface area contributed by atoms with Crippen molar-refractivity contribution in [2.24, 2.45) is 5.73 Å². The molecule has 0 spiro atoms. The molecule has 1 atom stereocenters. The van der Waals surface area contributed by atoms with E-state index in [1.54, 1.807) is 12.1 Å². The van der Waals surface area contributed by atoms with E-state index in [0.29, 0.717) is 10.6 Å². The maximum absolute atomic E-state index is 13.0. The van der Waals surface area contributed by atoms with E-state index < -0.39 is 11.2 Å². The fourth-order valence-corrected chi connectivity index (χ4v) is 3.86. The Balaban J connectivity index is 1.97. The van der Waals surface area contributed by atoms with Gasteiger partial charge in [-0.25, -0.2) is 14.4 Å². The van der Waals surface area contributed by atoms with E-state index in [0.717, 1.165) is 10.2 Å². The Labute approximate surface area is 128 Å². The Morgan fingerprint density at radius 1 is 1.24 bits per heavy atom. The molecule has 4 nitrogen and oxygen atoms in total. The van der Waals surface area contributed by atoms with E-state index >= 15 is 0 Å². The van der Waals surface area contributed by atoms with Gasteiger partial charge in [0, 0.05) is 0 Å². The lowest BCUT2D eigenvalue weighted by Gasteiger charge is -2.13. The molecular formula is C14H10FN3OS2. The van der Waals surface area contributed by atoms with Crippen molar-refractivity contribution in [3.05, 3.63) is 53.4 Å². The monoisotopic (exact) mass is 319 g/mol. The number of carbonyl (C=O) groups excluding carboxylic acids is 1. The number of thioether (sulfide) groups is 1. The van der Waals surface area contributed by atoms with E-state index in [4.69, 9.17) is 5.73 Å². The van der Waals surface area contributed by atoms with Crippen molar-refractivity contribution in [1.82, 2.24) is 9.97 Å². The number of primary amides is 1. The Morgan fingerprint density at radius 2 is 2.00 bits per heavy atom. The van der Waals surface area contributed by atoms with Crippen LogP contribution < -0.4 is 5.73 Å². The van der Waals surface area contributed by atoms with Crippen LogP contribution in [0.25, 0.3) is 10.2 Å². The van der Waals surface area contributed by atoms with Crippen LogP contribution in [0.15, 0.2) is 47.1 Å². The van der Waals surface area contributed by atoms with Crippen molar-refractivity contribution in [2.45, 2.75) is 10.3 Å². The number of carbonyl (C=O) groups is 1. The molecule has 1 unspecified atom stereocenters. The number of aromatic nitrogens is 2. The third-order valence-electron chi connectivity index (χ3n) is 2.87. The molecule has 2 aromatic heterocycles. The molecular weight excluding hydrogens is 309 g/mol. The average molecular weight is 319 g/mol. The molecule has 1 amide bonds. The molecule has 0 aliphatic rings. The number of hydrogen-bond donors (Lipinski definition) is 1. The van der Waals surface area contributed by atoms with Crippen LogP contribution in [-0.2, 0) is 4.79 Å². The predicted molar refractivity (Wildman–Crippen MR) is 81.6 cm³/mol. The van der Waals surface area contributed by atoms with Gasteiger partial charge in [0.25, 0.3) is 0 Å². The molecule has 0 aliphatic heterocycles. The second-order valence-corrected chi connectivity index (χ2v) is 6.28. The highest BCUT2D eigenvalue weighted by molar-refractivity contribution is 8.00. The van der Waals surface area contributed by atoms with Crippen LogP contribution in [0.2, 0.25) is 0 Å². The lowest BCUT2D eigenvalue weighted by Crippen LogP contribution is -2.19. The van der Waals surface area contributed by atoms with Crippen molar-refractivity contribution >= 4 is 39.2 Å². The Hall–Kier alpha value is -1.99. The van der Waals surface area contributed by atoms with E-state index in [9.17, 15) is 9.18 Å². The first-order valence-electron chi connectivity index (χ1n) is 6.05. The Kier molecular flexibility index (Phi) is 3.85. The predicted octanol–water partition coefficient (Wildman–Crippen LogP) is 3.15. The van der Waals surface area contributed by atoms with Crippen LogP contribution in [0.5, 0.6) is 0 Å². The van der Waals surface area contributed by atoms with Crippen LogP contribution in [-0.4, -0.2) is 15.9 Å². The lowest BCUT2D eigenvalue weighted by molar-refractivity contribution is -0.117. The number of nitrogens with two attached hydrogens (primary N) is 1. The number of hydrogen-bond acceptors (Lipinski definition) is 5. The molecule has 21 heavy (non-hydrogen) atoms. The van der Waals surface area contributed by atoms with Gasteiger partial charge >= 0.3 is 0 Å². The van der Waals surface area contributed by atoms with Gasteiger partial charge in [0.1, 0.15) is 22.4 Å². The summed E-state index contributed by atoms with van der Waals surface area (Å²) in [6, 6.07) is 7.64. The van der Waals surface area contributed by atoms with Gasteiger partial charge in [0.2, 0.25) is 5.91 Å². The molecule has 2 heterocycles. The first-order chi connectivity index (χ1) is 10.1. The third-order valence-corrected chi connectivity index (χ3v) is 5.18. The van der Waals surface area contributed by atoms with Crippen molar-refractivity contribution in [2.75, 3.05) is 0 Å². The minimum absolute atomic E-state index is 0.352. The molecule has 106 valence electrons. The molecule has 0 bridgehead atoms. The topological polar surface area (TPSA) is 68.9 Å². The van der Waals surface area contributed by atoms with Crippen molar-refractivity contribution < 1.29 is 9.18 Å². The zero-order valence-corrected chi connectivity index (χ0v) is 12.3. The van der Waals surface area contributed by atoms with Crippen molar-refractivity contribution in [1.29, 1.82) is 0 Å². The Bertz CT molecular complexity index is 788. The number of nitrogens with zero attached hydrogens (tertiary/aromatic N) is 2. The molecule has 0 saturated carbocycles. The van der Waals surface area contributed by atoms with Crippen LogP contribution in [0, 0.1) is 5.82 Å². The minimum atomic E-state index is -0.620. The summed E-state index contributed by atoms with van der Waals surface area (Å²) in [5.41, 5.74) is 6.96. The van der Waals surface area contributed by atoms with Crippen molar-refractivity contribution in [3.63, 3.8) is 0 Å². The minimum Gasteiger partial charge on any atom is -0.368 e. The summed E-state index contributed by atoms with van der Waals surface area (Å²) in [5.74, 6) is -0.843. The summed E-state index contributed by atoms with van der Waals surface area (Å²) in [4.78, 5) is 20.1. The third kappa shape index (κ3) is 2.88. The van der Waals surface area contributed by atoms with Crippen LogP contribution in [0.1, 0.15) is 10.8 Å². The first-order valence-corrected chi connectivity index (χ1v) is 7.81. The normalized spacial score (nSPS) is 12.4. The van der Waals surface area contributed by atoms with E-state index in [-0.39, 0.29) is 5.82 Å². The van der Waals surface area contributed by atoms with E-state index in [2.05, 4.69) is 9.97 Å². The molecule has 0 saturated heterocycles. The van der Waals surface area contributed by atoms with Crippen molar-refractivity contribution in [3.8, 4) is 0 Å². The molecule has 7 heteroatoms. The second kappa shape index (κ2) is 5.79. The number of halogens is 1. The summed E-state index contributed by atoms with van der Waals surface area (Å²) in [6.07, 6.45) is 1.46. The molecule has 3 aromatic rings. The van der Waals surface area contributed by atoms with E-state index in [1.807, 2.05) is 11.4 Å². The summed E-state index contributed by atoms with van der Waals surface area (Å²) in [7, 11) is 0. The zero-order chi connectivity index (χ0) is 14.8. The fourth-order valence-electron chi connectivity index (χ4n) is 1.89. The van der Waals surface area contributed by atoms with Gasteiger partial charge in [-0.3, -0.25) is 4.79 Å². The van der Waals surface area contributed by atoms with Gasteiger partial charge in [-0.1, -0.05) is 23.9 Å². The Morgan fingerprint density at radius 3 is 2.71 bits per heavy atom. The maximum Gasteiger partial charge on any atom is 0.235 e. The summed E-state index contributed by atoms with van der Waals surface area (Å²) < 4.78 is 13.9. The van der Waals surface area contributed by atoms with Gasteiger partial charge in [0.15, 0.2) is 0 Å². The highest BCUT2D eigenvalue weighted by Gasteiger charge is 2.21. The summed E-state index contributed by atoms with van der Waals surface area (Å²) in [6.45, 7) is 0. The highest BCUT2D eigenvalue weighted by atomic mass is 32.2. The first kappa shape index (κ1) is 14.0. The smallest absolute Gasteiger partial charge is 0.235 e. The standard InChI is InChI=1S/C14H10FN3OS2/c15-9-3-1-8(2-4-9)11(13(16)19)21-14-12-10(5-6-20-12)17-7-18-14/h1-7,11H,(H2,16,19). The second-order valence-electron chi connectivity index (χ2n) is 4.27. The number of thiophene rings is 1. The van der Waals surface area contributed by atoms with Gasteiger partial charge in [0.05, 0.1) is 10.2 Å². The summed E-state index contributed by atoms with van der Waals surface area (Å²) >= 11 is 2.76. The molecule has 0 fully saturated rings. The van der Waals surface area contributed by atoms with Crippen LogP contribution >= 0.6 is 23.1 Å². The lowest BCUT2D eigenvalue weighted by atomic mass is 10.1. The molecule has 0 aliphatic carbocycles. The van der Waals surface area contributed by atoms with Gasteiger partial charge in [-0.2, -0.15) is 0 Å².